The summed E-state index contributed by atoms with van der Waals surface area (Å²) in [6, 6.07) is 7.49. The lowest BCUT2D eigenvalue weighted by molar-refractivity contribution is -0.0964. The molecule has 1 N–H and O–H groups in total. The van der Waals surface area contributed by atoms with E-state index in [0.717, 1.165) is 0 Å². The Morgan fingerprint density at radius 2 is 1.84 bits per heavy atom. The van der Waals surface area contributed by atoms with Crippen LogP contribution >= 0.6 is 27.5 Å². The van der Waals surface area contributed by atoms with E-state index in [1.807, 2.05) is 6.07 Å². The highest BCUT2D eigenvalue weighted by Gasteiger charge is 2.46. The molecule has 0 amide bonds. The molecule has 2 atom stereocenters. The second-order valence-electron chi connectivity index (χ2n) is 4.00. The van der Waals surface area contributed by atoms with Crippen LogP contribution in [0, 0.1) is 17.2 Å². The first-order valence-electron chi connectivity index (χ1n) is 5.23. The van der Waals surface area contributed by atoms with E-state index in [9.17, 15) is 13.2 Å². The summed E-state index contributed by atoms with van der Waals surface area (Å²) >= 11 is 8.60. The molecule has 1 aromatic carbocycles. The number of nitriles is 1. The monoisotopic (exact) mass is 350 g/mol. The Hall–Kier alpha value is -1.19. The van der Waals surface area contributed by atoms with E-state index in [2.05, 4.69) is 21.2 Å². The molecule has 0 saturated carbocycles. The largest absolute Gasteiger partial charge is 0.431 e. The molecule has 2 unspecified atom stereocenters. The van der Waals surface area contributed by atoms with Crippen LogP contribution in [0.15, 0.2) is 34.4 Å². The van der Waals surface area contributed by atoms with Crippen LogP contribution in [-0.4, -0.2) is 6.18 Å². The molecule has 7 heteroatoms. The molecule has 0 aromatic heterocycles. The maximum Gasteiger partial charge on any atom is 0.431 e. The topological polar surface area (TPSA) is 35.8 Å². The van der Waals surface area contributed by atoms with Gasteiger partial charge in [-0.2, -0.15) is 18.4 Å². The minimum atomic E-state index is -4.52. The fourth-order valence-corrected chi connectivity index (χ4v) is 2.74. The van der Waals surface area contributed by atoms with Crippen LogP contribution in [0.3, 0.4) is 0 Å². The van der Waals surface area contributed by atoms with Gasteiger partial charge >= 0.3 is 6.18 Å². The zero-order valence-electron chi connectivity index (χ0n) is 9.30. The number of hydrogen-bond donors (Lipinski definition) is 1. The molecule has 1 aromatic rings. The number of allylic oxidation sites excluding steroid dienone is 1. The van der Waals surface area contributed by atoms with Gasteiger partial charge in [-0.15, -0.1) is 0 Å². The standard InChI is InChI=1S/C12H7BrClF3N2/c13-9-8(5-18)10(19-11(9)12(15,16)17)6-1-3-7(14)4-2-6/h1-4,8,10,19H. The van der Waals surface area contributed by atoms with Crippen molar-refractivity contribution in [3.05, 3.63) is 45.0 Å². The summed E-state index contributed by atoms with van der Waals surface area (Å²) < 4.78 is 38.2. The van der Waals surface area contributed by atoms with Crippen LogP contribution in [0.4, 0.5) is 13.2 Å². The fraction of sp³-hybridized carbons (Fsp3) is 0.250. The smallest absolute Gasteiger partial charge is 0.372 e. The molecule has 2 nitrogen and oxygen atoms in total. The number of nitrogens with one attached hydrogen (secondary N) is 1. The van der Waals surface area contributed by atoms with Crippen molar-refractivity contribution >= 4 is 27.5 Å². The van der Waals surface area contributed by atoms with Crippen LogP contribution in [-0.2, 0) is 0 Å². The second-order valence-corrected chi connectivity index (χ2v) is 5.29. The van der Waals surface area contributed by atoms with Crippen LogP contribution in [0.5, 0.6) is 0 Å². The summed E-state index contributed by atoms with van der Waals surface area (Å²) in [7, 11) is 0. The Labute approximate surface area is 121 Å². The van der Waals surface area contributed by atoms with Crippen molar-refractivity contribution in [2.45, 2.75) is 12.2 Å². The summed E-state index contributed by atoms with van der Waals surface area (Å²) in [6.45, 7) is 0. The first-order chi connectivity index (χ1) is 8.84. The minimum absolute atomic E-state index is 0.164. The van der Waals surface area contributed by atoms with Gasteiger partial charge in [0.25, 0.3) is 0 Å². The molecule has 1 aliphatic heterocycles. The van der Waals surface area contributed by atoms with Crippen LogP contribution in [0.2, 0.25) is 5.02 Å². The quantitative estimate of drug-likeness (QED) is 0.819. The summed E-state index contributed by atoms with van der Waals surface area (Å²) in [6.07, 6.45) is -4.52. The number of halogens is 5. The maximum atomic E-state index is 12.8. The highest BCUT2D eigenvalue weighted by Crippen LogP contribution is 2.44. The number of nitrogens with zero attached hydrogens (tertiary/aromatic N) is 1. The second kappa shape index (κ2) is 5.06. The van der Waals surface area contributed by atoms with Crippen LogP contribution in [0.1, 0.15) is 11.6 Å². The van der Waals surface area contributed by atoms with Crippen molar-refractivity contribution in [1.82, 2.24) is 5.32 Å². The lowest BCUT2D eigenvalue weighted by Gasteiger charge is -2.17. The third kappa shape index (κ3) is 2.72. The molecular weight excluding hydrogens is 344 g/mol. The predicted molar refractivity (Wildman–Crippen MR) is 68.4 cm³/mol. The molecule has 0 fully saturated rings. The first kappa shape index (κ1) is 14.2. The molecule has 19 heavy (non-hydrogen) atoms. The van der Waals surface area contributed by atoms with Gasteiger partial charge in [0.1, 0.15) is 11.6 Å². The summed E-state index contributed by atoms with van der Waals surface area (Å²) in [5, 5.41) is 11.9. The Bertz CT molecular complexity index is 560. The van der Waals surface area contributed by atoms with Crippen molar-refractivity contribution < 1.29 is 13.2 Å². The molecule has 0 spiro atoms. The molecule has 0 radical (unpaired) electrons. The SMILES string of the molecule is N#CC1C(Br)=C(C(F)(F)F)NC1c1ccc(Cl)cc1. The summed E-state index contributed by atoms with van der Waals surface area (Å²) in [5.74, 6) is -0.919. The molecular formula is C12H7BrClF3N2. The predicted octanol–water partition coefficient (Wildman–Crippen LogP) is 4.29. The van der Waals surface area contributed by atoms with Crippen molar-refractivity contribution in [1.29, 1.82) is 5.26 Å². The molecule has 100 valence electrons. The zero-order chi connectivity index (χ0) is 14.2. The molecule has 0 saturated heterocycles. The van der Waals surface area contributed by atoms with Gasteiger partial charge in [-0.25, -0.2) is 0 Å². The number of benzene rings is 1. The van der Waals surface area contributed by atoms with Crippen molar-refractivity contribution in [3.63, 3.8) is 0 Å². The van der Waals surface area contributed by atoms with Crippen molar-refractivity contribution in [3.8, 4) is 6.07 Å². The fourth-order valence-electron chi connectivity index (χ4n) is 1.90. The van der Waals surface area contributed by atoms with Crippen LogP contribution in [0.25, 0.3) is 0 Å². The van der Waals surface area contributed by atoms with Gasteiger partial charge in [0, 0.05) is 9.51 Å². The van der Waals surface area contributed by atoms with Gasteiger partial charge < -0.3 is 5.32 Å². The van der Waals surface area contributed by atoms with Gasteiger partial charge in [-0.3, -0.25) is 0 Å². The lowest BCUT2D eigenvalue weighted by Crippen LogP contribution is -2.26. The number of hydrogen-bond acceptors (Lipinski definition) is 2. The Kier molecular flexibility index (Phi) is 3.79. The average Bonchev–Trinajstić information content (AvgIpc) is 2.67. The van der Waals surface area contributed by atoms with E-state index in [0.29, 0.717) is 10.6 Å². The minimum Gasteiger partial charge on any atom is -0.372 e. The summed E-state index contributed by atoms with van der Waals surface area (Å²) in [4.78, 5) is 0. The zero-order valence-corrected chi connectivity index (χ0v) is 11.6. The molecule has 2 rings (SSSR count). The van der Waals surface area contributed by atoms with Gasteiger partial charge in [0.05, 0.1) is 12.1 Å². The van der Waals surface area contributed by atoms with E-state index in [4.69, 9.17) is 16.9 Å². The molecule has 0 bridgehead atoms. The van der Waals surface area contributed by atoms with Crippen molar-refractivity contribution in [2.75, 3.05) is 0 Å². The van der Waals surface area contributed by atoms with Gasteiger partial charge in [0.15, 0.2) is 0 Å². The third-order valence-electron chi connectivity index (χ3n) is 2.80. The maximum absolute atomic E-state index is 12.8. The van der Waals surface area contributed by atoms with E-state index in [1.165, 1.54) is 0 Å². The Balaban J connectivity index is 2.37. The van der Waals surface area contributed by atoms with Crippen LogP contribution < -0.4 is 5.32 Å². The average molecular weight is 352 g/mol. The Morgan fingerprint density at radius 3 is 2.32 bits per heavy atom. The van der Waals surface area contributed by atoms with Gasteiger partial charge in [-0.1, -0.05) is 39.7 Å². The first-order valence-corrected chi connectivity index (χ1v) is 6.40. The molecule has 0 aliphatic carbocycles. The van der Waals surface area contributed by atoms with Gasteiger partial charge in [-0.05, 0) is 17.7 Å². The van der Waals surface area contributed by atoms with Gasteiger partial charge in [0.2, 0.25) is 0 Å². The number of rotatable bonds is 1. The normalized spacial score (nSPS) is 23.2. The molecule has 1 heterocycles. The van der Waals surface area contributed by atoms with E-state index >= 15 is 0 Å². The van der Waals surface area contributed by atoms with E-state index < -0.39 is 23.8 Å². The highest BCUT2D eigenvalue weighted by molar-refractivity contribution is 9.11. The van der Waals surface area contributed by atoms with E-state index in [-0.39, 0.29) is 4.48 Å². The highest BCUT2D eigenvalue weighted by atomic mass is 79.9. The molecule has 1 aliphatic rings. The van der Waals surface area contributed by atoms with Crippen molar-refractivity contribution in [2.24, 2.45) is 5.92 Å². The lowest BCUT2D eigenvalue weighted by atomic mass is 9.96. The summed E-state index contributed by atoms with van der Waals surface area (Å²) in [5.41, 5.74) is -0.328. The Morgan fingerprint density at radius 1 is 1.26 bits per heavy atom. The number of alkyl halides is 3. The van der Waals surface area contributed by atoms with E-state index in [1.54, 1.807) is 24.3 Å². The third-order valence-corrected chi connectivity index (χ3v) is 3.94.